The van der Waals surface area contributed by atoms with Crippen molar-refractivity contribution in [2.24, 2.45) is 4.99 Å². The normalized spacial score (nSPS) is 10.4. The molecule has 0 fully saturated rings. The van der Waals surface area contributed by atoms with E-state index in [1.54, 1.807) is 30.3 Å². The summed E-state index contributed by atoms with van der Waals surface area (Å²) in [6, 6.07) is 15.2. The van der Waals surface area contributed by atoms with Crippen LogP contribution in [0.3, 0.4) is 0 Å². The van der Waals surface area contributed by atoms with Crippen molar-refractivity contribution in [3.63, 3.8) is 0 Å². The van der Waals surface area contributed by atoms with Gasteiger partial charge in [0, 0.05) is 17.5 Å². The minimum absolute atomic E-state index is 0.0914. The van der Waals surface area contributed by atoms with Gasteiger partial charge < -0.3 is 10.4 Å². The number of anilines is 1. The Bertz CT molecular complexity index is 565. The second-order valence-corrected chi connectivity index (χ2v) is 3.61. The molecule has 0 aliphatic carbocycles. The van der Waals surface area contributed by atoms with E-state index in [-0.39, 0.29) is 5.75 Å². The molecule has 4 nitrogen and oxygen atoms in total. The second-order valence-electron chi connectivity index (χ2n) is 3.61. The van der Waals surface area contributed by atoms with Crippen LogP contribution in [0.5, 0.6) is 5.75 Å². The quantitative estimate of drug-likeness (QED) is 0.792. The Morgan fingerprint density at radius 3 is 2.44 bits per heavy atom. The largest absolute Gasteiger partial charge is 0.507 e. The van der Waals surface area contributed by atoms with E-state index in [4.69, 9.17) is 0 Å². The molecule has 0 saturated carbocycles. The van der Waals surface area contributed by atoms with E-state index in [1.807, 2.05) is 18.2 Å². The lowest BCUT2D eigenvalue weighted by molar-refractivity contribution is 0.259. The van der Waals surface area contributed by atoms with Crippen LogP contribution in [-0.2, 0) is 0 Å². The number of hydrogen-bond donors (Lipinski definition) is 2. The molecule has 0 aliphatic rings. The molecule has 0 unspecified atom stereocenters. The number of phenolic OH excluding ortho intramolecular Hbond substituents is 1. The third-order valence-electron chi connectivity index (χ3n) is 2.28. The fraction of sp³-hybridized carbons (Fsp3) is 0. The molecule has 0 aromatic heterocycles. The first-order valence-electron chi connectivity index (χ1n) is 5.44. The molecule has 0 atom stereocenters. The summed E-state index contributed by atoms with van der Waals surface area (Å²) in [6.07, 6.45) is 1.33. The molecule has 2 amide bonds. The number of nitrogens with zero attached hydrogens (tertiary/aromatic N) is 1. The third-order valence-corrected chi connectivity index (χ3v) is 2.28. The standard InChI is InChI=1S/C14H12N2O2/c17-13-9-5-4-6-11(13)10-15-14(18)16-12-7-2-1-3-8-12/h1-10,17H,(H,16,18)/b15-10+. The van der Waals surface area contributed by atoms with Crippen molar-refractivity contribution in [2.45, 2.75) is 0 Å². The first kappa shape index (κ1) is 11.9. The number of hydrogen-bond acceptors (Lipinski definition) is 2. The fourth-order valence-corrected chi connectivity index (χ4v) is 1.40. The maximum absolute atomic E-state index is 11.5. The maximum Gasteiger partial charge on any atom is 0.345 e. The molecule has 2 aromatic rings. The Morgan fingerprint density at radius 2 is 1.72 bits per heavy atom. The molecule has 2 N–H and O–H groups in total. The molecule has 2 rings (SSSR count). The summed E-state index contributed by atoms with van der Waals surface area (Å²) >= 11 is 0. The van der Waals surface area contributed by atoms with Gasteiger partial charge in [-0.1, -0.05) is 30.3 Å². The average molecular weight is 240 g/mol. The van der Waals surface area contributed by atoms with E-state index in [2.05, 4.69) is 10.3 Å². The van der Waals surface area contributed by atoms with Crippen molar-refractivity contribution in [1.29, 1.82) is 0 Å². The van der Waals surface area contributed by atoms with E-state index in [1.165, 1.54) is 12.3 Å². The average Bonchev–Trinajstić information content (AvgIpc) is 2.39. The zero-order chi connectivity index (χ0) is 12.8. The van der Waals surface area contributed by atoms with E-state index >= 15 is 0 Å². The Hall–Kier alpha value is -2.62. The summed E-state index contributed by atoms with van der Waals surface area (Å²) in [5, 5.41) is 12.1. The molecule has 0 saturated heterocycles. The SMILES string of the molecule is O=C(/N=C/c1ccccc1O)Nc1ccccc1. The molecule has 4 heteroatoms. The van der Waals surface area contributed by atoms with Gasteiger partial charge in [-0.05, 0) is 24.3 Å². The molecule has 0 spiro atoms. The summed E-state index contributed by atoms with van der Waals surface area (Å²) in [5.74, 6) is 0.0914. The lowest BCUT2D eigenvalue weighted by Gasteiger charge is -2.00. The number of nitrogens with one attached hydrogen (secondary N) is 1. The van der Waals surface area contributed by atoms with Crippen LogP contribution in [0.25, 0.3) is 0 Å². The van der Waals surface area contributed by atoms with Crippen LogP contribution in [0.4, 0.5) is 10.5 Å². The Balaban J connectivity index is 2.02. The molecular formula is C14H12N2O2. The summed E-state index contributed by atoms with van der Waals surface area (Å²) in [7, 11) is 0. The molecule has 0 heterocycles. The van der Waals surface area contributed by atoms with Crippen LogP contribution < -0.4 is 5.32 Å². The minimum atomic E-state index is -0.482. The first-order valence-corrected chi connectivity index (χ1v) is 5.44. The monoisotopic (exact) mass is 240 g/mol. The van der Waals surface area contributed by atoms with E-state index in [9.17, 15) is 9.90 Å². The summed E-state index contributed by atoms with van der Waals surface area (Å²) in [6.45, 7) is 0. The number of benzene rings is 2. The number of para-hydroxylation sites is 2. The lowest BCUT2D eigenvalue weighted by atomic mass is 10.2. The van der Waals surface area contributed by atoms with Crippen LogP contribution >= 0.6 is 0 Å². The summed E-state index contributed by atoms with van der Waals surface area (Å²) < 4.78 is 0. The number of carbonyl (C=O) groups excluding carboxylic acids is 1. The number of carbonyl (C=O) groups is 1. The molecular weight excluding hydrogens is 228 g/mol. The van der Waals surface area contributed by atoms with Crippen LogP contribution in [0.2, 0.25) is 0 Å². The van der Waals surface area contributed by atoms with Gasteiger partial charge in [-0.2, -0.15) is 0 Å². The number of rotatable bonds is 2. The number of amides is 2. The number of urea groups is 1. The second kappa shape index (κ2) is 5.63. The van der Waals surface area contributed by atoms with Crippen molar-refractivity contribution in [3.8, 4) is 5.75 Å². The molecule has 0 bridgehead atoms. The van der Waals surface area contributed by atoms with Crippen molar-refractivity contribution in [2.75, 3.05) is 5.32 Å². The number of aromatic hydroxyl groups is 1. The van der Waals surface area contributed by atoms with Crippen LogP contribution in [-0.4, -0.2) is 17.4 Å². The van der Waals surface area contributed by atoms with Crippen LogP contribution in [0.1, 0.15) is 5.56 Å². The van der Waals surface area contributed by atoms with Gasteiger partial charge in [0.05, 0.1) is 0 Å². The topological polar surface area (TPSA) is 61.7 Å². The predicted octanol–water partition coefficient (Wildman–Crippen LogP) is 3.04. The fourth-order valence-electron chi connectivity index (χ4n) is 1.40. The van der Waals surface area contributed by atoms with Gasteiger partial charge in [-0.15, -0.1) is 0 Å². The van der Waals surface area contributed by atoms with E-state index in [0.717, 1.165) is 0 Å². The van der Waals surface area contributed by atoms with Gasteiger partial charge >= 0.3 is 6.03 Å². The van der Waals surface area contributed by atoms with Crippen molar-refractivity contribution in [1.82, 2.24) is 0 Å². The highest BCUT2D eigenvalue weighted by atomic mass is 16.3. The predicted molar refractivity (Wildman–Crippen MR) is 71.2 cm³/mol. The van der Waals surface area contributed by atoms with Crippen LogP contribution in [0, 0.1) is 0 Å². The molecule has 90 valence electrons. The van der Waals surface area contributed by atoms with Gasteiger partial charge in [0.25, 0.3) is 0 Å². The van der Waals surface area contributed by atoms with Gasteiger partial charge in [-0.3, -0.25) is 0 Å². The van der Waals surface area contributed by atoms with Crippen molar-refractivity contribution in [3.05, 3.63) is 60.2 Å². The smallest absolute Gasteiger partial charge is 0.345 e. The van der Waals surface area contributed by atoms with E-state index < -0.39 is 6.03 Å². The van der Waals surface area contributed by atoms with Crippen molar-refractivity contribution >= 4 is 17.9 Å². The summed E-state index contributed by atoms with van der Waals surface area (Å²) in [4.78, 5) is 15.2. The zero-order valence-electron chi connectivity index (χ0n) is 9.58. The highest BCUT2D eigenvalue weighted by molar-refractivity contribution is 5.98. The Kier molecular flexibility index (Phi) is 3.71. The maximum atomic E-state index is 11.5. The highest BCUT2D eigenvalue weighted by Gasteiger charge is 1.99. The molecule has 0 aliphatic heterocycles. The van der Waals surface area contributed by atoms with E-state index in [0.29, 0.717) is 11.3 Å². The Labute approximate surface area is 105 Å². The number of aliphatic imine (C=N–C) groups is 1. The Morgan fingerprint density at radius 1 is 1.06 bits per heavy atom. The van der Waals surface area contributed by atoms with Gasteiger partial charge in [0.2, 0.25) is 0 Å². The van der Waals surface area contributed by atoms with Crippen molar-refractivity contribution < 1.29 is 9.90 Å². The lowest BCUT2D eigenvalue weighted by Crippen LogP contribution is -2.06. The summed E-state index contributed by atoms with van der Waals surface area (Å²) in [5.41, 5.74) is 1.18. The molecule has 18 heavy (non-hydrogen) atoms. The number of phenols is 1. The highest BCUT2D eigenvalue weighted by Crippen LogP contribution is 2.13. The molecule has 2 aromatic carbocycles. The minimum Gasteiger partial charge on any atom is -0.507 e. The van der Waals surface area contributed by atoms with Crippen LogP contribution in [0.15, 0.2) is 59.6 Å². The first-order chi connectivity index (χ1) is 8.75. The van der Waals surface area contributed by atoms with Gasteiger partial charge in [0.15, 0.2) is 0 Å². The van der Waals surface area contributed by atoms with Gasteiger partial charge in [0.1, 0.15) is 5.75 Å². The van der Waals surface area contributed by atoms with Gasteiger partial charge in [-0.25, -0.2) is 9.79 Å². The zero-order valence-corrected chi connectivity index (χ0v) is 9.58. The third kappa shape index (κ3) is 3.18. The molecule has 0 radical (unpaired) electrons.